The van der Waals surface area contributed by atoms with Crippen molar-refractivity contribution in [2.45, 2.75) is 65.3 Å². The summed E-state index contributed by atoms with van der Waals surface area (Å²) in [6.07, 6.45) is 5.76. The molecule has 226 valence electrons. The number of hydrogen-bond donors (Lipinski definition) is 3. The van der Waals surface area contributed by atoms with Crippen molar-refractivity contribution in [3.8, 4) is 5.75 Å². The van der Waals surface area contributed by atoms with Gasteiger partial charge in [-0.1, -0.05) is 52.0 Å². The van der Waals surface area contributed by atoms with Crippen molar-refractivity contribution < 1.29 is 43.9 Å². The lowest BCUT2D eigenvalue weighted by Crippen LogP contribution is -2.31. The zero-order valence-electron chi connectivity index (χ0n) is 24.4. The molecule has 1 aromatic rings. The lowest BCUT2D eigenvalue weighted by Gasteiger charge is -2.29. The van der Waals surface area contributed by atoms with Crippen LogP contribution in [0.3, 0.4) is 0 Å². The zero-order chi connectivity index (χ0) is 29.9. The predicted molar refractivity (Wildman–Crippen MR) is 154 cm³/mol. The molecule has 1 heterocycles. The molecule has 2 aliphatic rings. The Morgan fingerprint density at radius 1 is 0.951 bits per heavy atom. The normalized spacial score (nSPS) is 20.5. The Balaban J connectivity index is 1.43. The highest BCUT2D eigenvalue weighted by Crippen LogP contribution is 2.32. The first-order chi connectivity index (χ1) is 19.6. The van der Waals surface area contributed by atoms with Gasteiger partial charge in [-0.2, -0.15) is 0 Å². The largest absolute Gasteiger partial charge is 0.494 e. The fourth-order valence-electron chi connectivity index (χ4n) is 4.78. The molecular formula is C32H44O9. The quantitative estimate of drug-likeness (QED) is 0.253. The van der Waals surface area contributed by atoms with Crippen molar-refractivity contribution in [3.05, 3.63) is 59.9 Å². The van der Waals surface area contributed by atoms with Crippen molar-refractivity contribution >= 4 is 17.5 Å². The van der Waals surface area contributed by atoms with Gasteiger partial charge in [0.05, 0.1) is 43.5 Å². The third kappa shape index (κ3) is 9.73. The Hall–Kier alpha value is -3.14. The number of carbonyl (C=O) groups is 2. The number of benzene rings is 1. The number of aliphatic hydroxyl groups excluding tert-OH is 3. The van der Waals surface area contributed by atoms with Gasteiger partial charge in [-0.3, -0.25) is 4.79 Å². The first-order valence-electron chi connectivity index (χ1n) is 14.4. The van der Waals surface area contributed by atoms with Crippen molar-refractivity contribution in [2.75, 3.05) is 26.4 Å². The molecule has 3 N–H and O–H groups in total. The number of fused-ring (bicyclic) bond motifs is 1. The number of esters is 2. The molecule has 1 aliphatic carbocycles. The summed E-state index contributed by atoms with van der Waals surface area (Å²) in [5.41, 5.74) is 1.17. The van der Waals surface area contributed by atoms with Gasteiger partial charge in [0.2, 0.25) is 0 Å². The van der Waals surface area contributed by atoms with E-state index in [0.717, 1.165) is 6.42 Å². The van der Waals surface area contributed by atoms with Crippen LogP contribution in [0.5, 0.6) is 5.75 Å². The van der Waals surface area contributed by atoms with Crippen LogP contribution < -0.4 is 4.74 Å². The molecule has 0 bridgehead atoms. The summed E-state index contributed by atoms with van der Waals surface area (Å²) in [4.78, 5) is 25.1. The van der Waals surface area contributed by atoms with E-state index in [1.807, 2.05) is 26.0 Å². The average Bonchev–Trinajstić information content (AvgIpc) is 2.94. The monoisotopic (exact) mass is 572 g/mol. The highest BCUT2D eigenvalue weighted by atomic mass is 16.5. The molecule has 3 rings (SSSR count). The van der Waals surface area contributed by atoms with E-state index in [9.17, 15) is 19.8 Å². The highest BCUT2D eigenvalue weighted by Gasteiger charge is 2.32. The van der Waals surface area contributed by atoms with Gasteiger partial charge in [0, 0.05) is 18.8 Å². The van der Waals surface area contributed by atoms with Crippen LogP contribution in [0.2, 0.25) is 0 Å². The summed E-state index contributed by atoms with van der Waals surface area (Å²) in [6.45, 7) is 8.43. The summed E-state index contributed by atoms with van der Waals surface area (Å²) >= 11 is 0. The zero-order valence-corrected chi connectivity index (χ0v) is 24.4. The summed E-state index contributed by atoms with van der Waals surface area (Å²) in [5.74, 6) is 0.631. The van der Waals surface area contributed by atoms with Crippen molar-refractivity contribution in [1.29, 1.82) is 0 Å². The first-order valence-corrected chi connectivity index (χ1v) is 14.4. The van der Waals surface area contributed by atoms with Crippen LogP contribution in [0.1, 0.15) is 52.5 Å². The van der Waals surface area contributed by atoms with E-state index in [1.54, 1.807) is 36.4 Å². The molecule has 0 aromatic heterocycles. The Kier molecular flexibility index (Phi) is 12.4. The minimum Gasteiger partial charge on any atom is -0.494 e. The van der Waals surface area contributed by atoms with Gasteiger partial charge in [-0.15, -0.1) is 0 Å². The minimum absolute atomic E-state index is 0.0404. The number of aliphatic hydroxyl groups is 3. The standard InChI is InChI=1S/C32H44O9/c1-20(2)17-26(21(3)4)31(36)40-15-12-29(35)28(34)11-14-38-25-10-7-23-18-27(32(37)41-30(23)19-25)22-5-8-24(9-6-22)39-16-13-33/h5-10,18-21,23,26,28-30,33-35H,11-17H2,1-4H3. The summed E-state index contributed by atoms with van der Waals surface area (Å²) in [6, 6.07) is 7.02. The summed E-state index contributed by atoms with van der Waals surface area (Å²) < 4.78 is 22.2. The molecule has 9 heteroatoms. The van der Waals surface area contributed by atoms with Crippen LogP contribution in [0.4, 0.5) is 0 Å². The molecule has 0 amide bonds. The Morgan fingerprint density at radius 2 is 1.63 bits per heavy atom. The van der Waals surface area contributed by atoms with Gasteiger partial charge in [0.1, 0.15) is 24.2 Å². The Bertz CT molecular complexity index is 1090. The van der Waals surface area contributed by atoms with Crippen molar-refractivity contribution in [3.63, 3.8) is 0 Å². The summed E-state index contributed by atoms with van der Waals surface area (Å²) in [7, 11) is 0. The van der Waals surface area contributed by atoms with Crippen LogP contribution in [0.25, 0.3) is 5.57 Å². The third-order valence-electron chi connectivity index (χ3n) is 7.16. The topological polar surface area (TPSA) is 132 Å². The molecule has 5 unspecified atom stereocenters. The molecule has 0 saturated heterocycles. The highest BCUT2D eigenvalue weighted by molar-refractivity contribution is 6.17. The maximum atomic E-state index is 12.7. The fraction of sp³-hybridized carbons (Fsp3) is 0.562. The maximum Gasteiger partial charge on any atom is 0.339 e. The van der Waals surface area contributed by atoms with E-state index in [0.29, 0.717) is 28.6 Å². The molecule has 0 spiro atoms. The van der Waals surface area contributed by atoms with Crippen molar-refractivity contribution in [1.82, 2.24) is 0 Å². The van der Waals surface area contributed by atoms with Gasteiger partial charge < -0.3 is 34.3 Å². The number of rotatable bonds is 16. The lowest BCUT2D eigenvalue weighted by molar-refractivity contribution is -0.152. The van der Waals surface area contributed by atoms with E-state index in [4.69, 9.17) is 24.1 Å². The van der Waals surface area contributed by atoms with E-state index in [-0.39, 0.29) is 63.0 Å². The van der Waals surface area contributed by atoms with Gasteiger partial charge in [-0.25, -0.2) is 4.79 Å². The van der Waals surface area contributed by atoms with Crippen LogP contribution in [0, 0.1) is 23.7 Å². The molecule has 0 fully saturated rings. The molecule has 0 radical (unpaired) electrons. The van der Waals surface area contributed by atoms with E-state index < -0.39 is 24.3 Å². The Labute approximate surface area is 242 Å². The van der Waals surface area contributed by atoms with E-state index in [1.165, 1.54) is 0 Å². The molecule has 1 aromatic carbocycles. The second-order valence-corrected chi connectivity index (χ2v) is 11.3. The van der Waals surface area contributed by atoms with Crippen LogP contribution in [-0.2, 0) is 23.8 Å². The predicted octanol–water partition coefficient (Wildman–Crippen LogP) is 3.82. The van der Waals surface area contributed by atoms with Crippen molar-refractivity contribution in [2.24, 2.45) is 23.7 Å². The number of carbonyl (C=O) groups excluding carboxylic acids is 2. The molecule has 41 heavy (non-hydrogen) atoms. The molecular weight excluding hydrogens is 528 g/mol. The molecule has 1 aliphatic heterocycles. The van der Waals surface area contributed by atoms with Crippen LogP contribution in [-0.4, -0.2) is 72.0 Å². The number of allylic oxidation sites excluding steroid dienone is 1. The smallest absolute Gasteiger partial charge is 0.339 e. The SMILES string of the molecule is CC(C)CC(C(=O)OCCC(O)C(O)CCOC1=CC2OC(=O)C(c3ccc(OCCO)cc3)=CC2C=C1)C(C)C. The van der Waals surface area contributed by atoms with Gasteiger partial charge in [0.15, 0.2) is 0 Å². The maximum absolute atomic E-state index is 12.7. The summed E-state index contributed by atoms with van der Waals surface area (Å²) in [5, 5.41) is 29.5. The Morgan fingerprint density at radius 3 is 2.27 bits per heavy atom. The van der Waals surface area contributed by atoms with Gasteiger partial charge in [0.25, 0.3) is 0 Å². The second-order valence-electron chi connectivity index (χ2n) is 11.3. The van der Waals surface area contributed by atoms with E-state index in [2.05, 4.69) is 13.8 Å². The van der Waals surface area contributed by atoms with Gasteiger partial charge >= 0.3 is 11.9 Å². The minimum atomic E-state index is -1.05. The first kappa shape index (κ1) is 32.4. The average molecular weight is 573 g/mol. The number of hydrogen-bond acceptors (Lipinski definition) is 9. The molecule has 0 saturated carbocycles. The van der Waals surface area contributed by atoms with Crippen LogP contribution in [0.15, 0.2) is 54.3 Å². The lowest BCUT2D eigenvalue weighted by atomic mass is 9.88. The molecule has 9 nitrogen and oxygen atoms in total. The van der Waals surface area contributed by atoms with E-state index >= 15 is 0 Å². The second kappa shape index (κ2) is 15.7. The number of ether oxygens (including phenoxy) is 4. The van der Waals surface area contributed by atoms with Gasteiger partial charge in [-0.05, 0) is 48.1 Å². The fourth-order valence-corrected chi connectivity index (χ4v) is 4.78. The third-order valence-corrected chi connectivity index (χ3v) is 7.16. The van der Waals surface area contributed by atoms with Crippen LogP contribution >= 0.6 is 0 Å². The molecule has 5 atom stereocenters.